The van der Waals surface area contributed by atoms with Crippen LogP contribution in [0.4, 0.5) is 5.69 Å². The van der Waals surface area contributed by atoms with Crippen molar-refractivity contribution in [2.45, 2.75) is 0 Å². The fraction of sp³-hybridized carbons (Fsp3) is 0.0526. The number of para-hydroxylation sites is 1. The average Bonchev–Trinajstić information content (AvgIpc) is 2.55. The van der Waals surface area contributed by atoms with Gasteiger partial charge in [-0.15, -0.1) is 0 Å². The largest absolute Gasteiger partial charge is 0.317 e. The summed E-state index contributed by atoms with van der Waals surface area (Å²) in [6.45, 7) is 0. The van der Waals surface area contributed by atoms with Crippen molar-refractivity contribution >= 4 is 28.6 Å². The van der Waals surface area contributed by atoms with E-state index in [2.05, 4.69) is 112 Å². The highest BCUT2D eigenvalue weighted by atomic mass is 127. The summed E-state index contributed by atoms with van der Waals surface area (Å²) in [6.07, 6.45) is 0. The van der Waals surface area contributed by atoms with Gasteiger partial charge in [0, 0.05) is 18.2 Å². The average molecular weight is 385 g/mol. The smallest absolute Gasteiger partial charge is 0.0610 e. The number of benzene rings is 3. The van der Waals surface area contributed by atoms with Crippen LogP contribution in [0.15, 0.2) is 78.9 Å². The summed E-state index contributed by atoms with van der Waals surface area (Å²) in [5, 5.41) is 0. The van der Waals surface area contributed by atoms with E-state index in [4.69, 9.17) is 0 Å². The van der Waals surface area contributed by atoms with Crippen LogP contribution in [-0.4, -0.2) is 7.05 Å². The molecule has 0 spiro atoms. The Balaban J connectivity index is 2.24. The van der Waals surface area contributed by atoms with Gasteiger partial charge in [0.2, 0.25) is 0 Å². The van der Waals surface area contributed by atoms with E-state index in [1.165, 1.54) is 27.9 Å². The van der Waals surface area contributed by atoms with Gasteiger partial charge in [-0.1, -0.05) is 78.9 Å². The van der Waals surface area contributed by atoms with Crippen LogP contribution in [0, 0.1) is 0 Å². The lowest BCUT2D eigenvalue weighted by Gasteiger charge is -2.20. The van der Waals surface area contributed by atoms with Crippen LogP contribution in [0.1, 0.15) is 0 Å². The first-order valence-corrected chi connectivity index (χ1v) is 7.87. The van der Waals surface area contributed by atoms with Gasteiger partial charge in [0.05, 0.1) is 28.6 Å². The minimum Gasteiger partial charge on any atom is -0.317 e. The minimum absolute atomic E-state index is 1.24. The van der Waals surface area contributed by atoms with Crippen LogP contribution in [0.3, 0.4) is 0 Å². The van der Waals surface area contributed by atoms with Crippen molar-refractivity contribution in [2.75, 3.05) is 10.2 Å². The van der Waals surface area contributed by atoms with Crippen LogP contribution in [0.25, 0.3) is 22.3 Å². The molecule has 3 rings (SSSR count). The molecule has 0 heterocycles. The molecule has 0 aliphatic carbocycles. The third-order valence-corrected chi connectivity index (χ3v) is 4.00. The number of hydrogen-bond acceptors (Lipinski definition) is 1. The van der Waals surface area contributed by atoms with Gasteiger partial charge < -0.3 is 3.11 Å². The SMILES string of the molecule is CN(I)c1c(-c2ccccc2)cccc1-c1ccccc1. The Morgan fingerprint density at radius 3 is 1.43 bits per heavy atom. The molecule has 0 radical (unpaired) electrons. The molecule has 0 aliphatic rings. The first kappa shape index (κ1) is 14.1. The molecule has 0 bridgehead atoms. The fourth-order valence-corrected chi connectivity index (χ4v) is 3.10. The molecule has 0 unspecified atom stereocenters. The zero-order valence-corrected chi connectivity index (χ0v) is 14.0. The van der Waals surface area contributed by atoms with Gasteiger partial charge >= 0.3 is 0 Å². The third kappa shape index (κ3) is 2.95. The molecule has 1 nitrogen and oxygen atoms in total. The lowest BCUT2D eigenvalue weighted by Crippen LogP contribution is -2.03. The quantitative estimate of drug-likeness (QED) is 0.407. The van der Waals surface area contributed by atoms with Crippen molar-refractivity contribution in [1.82, 2.24) is 0 Å². The number of halogens is 1. The molecule has 0 saturated heterocycles. The van der Waals surface area contributed by atoms with Crippen LogP contribution < -0.4 is 3.11 Å². The molecule has 2 heteroatoms. The molecule has 3 aromatic carbocycles. The van der Waals surface area contributed by atoms with E-state index in [1.54, 1.807) is 0 Å². The molecule has 0 N–H and O–H groups in total. The predicted molar refractivity (Wildman–Crippen MR) is 99.7 cm³/mol. The van der Waals surface area contributed by atoms with E-state index >= 15 is 0 Å². The summed E-state index contributed by atoms with van der Waals surface area (Å²) in [6, 6.07) is 27.6. The monoisotopic (exact) mass is 385 g/mol. The first-order valence-electron chi connectivity index (χ1n) is 6.91. The summed E-state index contributed by atoms with van der Waals surface area (Å²) in [4.78, 5) is 0. The topological polar surface area (TPSA) is 3.24 Å². The van der Waals surface area contributed by atoms with Crippen molar-refractivity contribution < 1.29 is 0 Å². The van der Waals surface area contributed by atoms with E-state index in [-0.39, 0.29) is 0 Å². The van der Waals surface area contributed by atoms with E-state index < -0.39 is 0 Å². The molecule has 0 amide bonds. The van der Waals surface area contributed by atoms with Crippen molar-refractivity contribution in [3.63, 3.8) is 0 Å². The Morgan fingerprint density at radius 1 is 0.619 bits per heavy atom. The molecular weight excluding hydrogens is 369 g/mol. The normalized spacial score (nSPS) is 10.4. The summed E-state index contributed by atoms with van der Waals surface area (Å²) >= 11 is 2.35. The Labute approximate surface area is 139 Å². The highest BCUT2D eigenvalue weighted by molar-refractivity contribution is 14.1. The van der Waals surface area contributed by atoms with Crippen LogP contribution >= 0.6 is 22.9 Å². The maximum absolute atomic E-state index is 2.35. The molecule has 3 aromatic rings. The first-order chi connectivity index (χ1) is 10.3. The molecule has 104 valence electrons. The lowest BCUT2D eigenvalue weighted by molar-refractivity contribution is 1.40. The van der Waals surface area contributed by atoms with Crippen molar-refractivity contribution in [2.24, 2.45) is 0 Å². The summed E-state index contributed by atoms with van der Waals surface area (Å²) < 4.78 is 2.17. The van der Waals surface area contributed by atoms with E-state index in [1.807, 2.05) is 0 Å². The number of anilines is 1. The molecule has 0 fully saturated rings. The lowest BCUT2D eigenvalue weighted by atomic mass is 9.96. The van der Waals surface area contributed by atoms with Gasteiger partial charge in [0.25, 0.3) is 0 Å². The number of nitrogens with zero attached hydrogens (tertiary/aromatic N) is 1. The minimum atomic E-state index is 1.24. The van der Waals surface area contributed by atoms with Gasteiger partial charge in [-0.3, -0.25) is 0 Å². The second-order valence-corrected chi connectivity index (χ2v) is 6.36. The number of hydrogen-bond donors (Lipinski definition) is 0. The summed E-state index contributed by atoms with van der Waals surface area (Å²) in [5.74, 6) is 0. The summed E-state index contributed by atoms with van der Waals surface area (Å²) in [5.41, 5.74) is 6.25. The molecule has 0 aliphatic heterocycles. The molecular formula is C19H16IN. The van der Waals surface area contributed by atoms with Gasteiger partial charge in [-0.05, 0) is 11.1 Å². The van der Waals surface area contributed by atoms with Crippen LogP contribution in [0.5, 0.6) is 0 Å². The zero-order chi connectivity index (χ0) is 14.7. The maximum atomic E-state index is 2.35. The highest BCUT2D eigenvalue weighted by Gasteiger charge is 2.13. The van der Waals surface area contributed by atoms with Crippen LogP contribution in [0.2, 0.25) is 0 Å². The van der Waals surface area contributed by atoms with Gasteiger partial charge in [-0.25, -0.2) is 0 Å². The summed E-state index contributed by atoms with van der Waals surface area (Å²) in [7, 11) is 2.09. The number of rotatable bonds is 3. The van der Waals surface area contributed by atoms with Crippen LogP contribution in [-0.2, 0) is 0 Å². The standard InChI is InChI=1S/C19H16IN/c1-21(20)19-17(15-9-4-2-5-10-15)13-8-14-18(19)16-11-6-3-7-12-16/h2-14H,1H3. The Kier molecular flexibility index (Phi) is 4.25. The van der Waals surface area contributed by atoms with Gasteiger partial charge in [0.1, 0.15) is 0 Å². The fourth-order valence-electron chi connectivity index (χ4n) is 2.58. The van der Waals surface area contributed by atoms with Gasteiger partial charge in [-0.2, -0.15) is 0 Å². The van der Waals surface area contributed by atoms with E-state index in [0.717, 1.165) is 0 Å². The van der Waals surface area contributed by atoms with Crippen molar-refractivity contribution in [3.05, 3.63) is 78.9 Å². The van der Waals surface area contributed by atoms with Crippen molar-refractivity contribution in [1.29, 1.82) is 0 Å². The van der Waals surface area contributed by atoms with Gasteiger partial charge in [0.15, 0.2) is 0 Å². The third-order valence-electron chi connectivity index (χ3n) is 3.51. The second-order valence-electron chi connectivity index (χ2n) is 4.91. The van der Waals surface area contributed by atoms with E-state index in [0.29, 0.717) is 0 Å². The predicted octanol–water partition coefficient (Wildman–Crippen LogP) is 5.81. The maximum Gasteiger partial charge on any atom is 0.0610 e. The zero-order valence-electron chi connectivity index (χ0n) is 11.8. The Morgan fingerprint density at radius 2 is 1.05 bits per heavy atom. The molecule has 0 aromatic heterocycles. The molecule has 21 heavy (non-hydrogen) atoms. The van der Waals surface area contributed by atoms with Crippen molar-refractivity contribution in [3.8, 4) is 22.3 Å². The Bertz CT molecular complexity index is 663. The Hall–Kier alpha value is -1.81. The van der Waals surface area contributed by atoms with E-state index in [9.17, 15) is 0 Å². The highest BCUT2D eigenvalue weighted by Crippen LogP contribution is 2.40. The molecule has 0 saturated carbocycles. The molecule has 0 atom stereocenters. The second kappa shape index (κ2) is 6.31.